The Morgan fingerprint density at radius 1 is 1.00 bits per heavy atom. The Labute approximate surface area is 89.6 Å². The standard InChI is InChI=1S/C11H20F3N/c1-10(2,3)11(13,14)9(12)15-7-5-4-6-8-15/h9H,4-8H2,1-3H3. The summed E-state index contributed by atoms with van der Waals surface area (Å²) in [6.45, 7) is 5.04. The predicted octanol–water partition coefficient (Wildman–Crippen LogP) is 3.45. The average molecular weight is 223 g/mol. The van der Waals surface area contributed by atoms with Gasteiger partial charge in [-0.2, -0.15) is 0 Å². The maximum Gasteiger partial charge on any atom is 0.296 e. The van der Waals surface area contributed by atoms with E-state index in [1.165, 1.54) is 25.7 Å². The number of alkyl halides is 3. The van der Waals surface area contributed by atoms with Crippen molar-refractivity contribution in [2.75, 3.05) is 13.1 Å². The first-order valence-corrected chi connectivity index (χ1v) is 5.53. The Balaban J connectivity index is 2.69. The van der Waals surface area contributed by atoms with Crippen LogP contribution in [0.2, 0.25) is 0 Å². The largest absolute Gasteiger partial charge is 0.296 e. The van der Waals surface area contributed by atoms with Crippen LogP contribution >= 0.6 is 0 Å². The van der Waals surface area contributed by atoms with Crippen molar-refractivity contribution in [1.82, 2.24) is 4.90 Å². The summed E-state index contributed by atoms with van der Waals surface area (Å²) in [5.74, 6) is -3.29. The molecule has 90 valence electrons. The van der Waals surface area contributed by atoms with E-state index in [9.17, 15) is 13.2 Å². The van der Waals surface area contributed by atoms with E-state index < -0.39 is 17.6 Å². The molecular formula is C11H20F3N. The van der Waals surface area contributed by atoms with E-state index in [0.717, 1.165) is 19.3 Å². The molecule has 0 aliphatic carbocycles. The molecule has 1 nitrogen and oxygen atoms in total. The van der Waals surface area contributed by atoms with Gasteiger partial charge in [-0.1, -0.05) is 27.2 Å². The highest BCUT2D eigenvalue weighted by atomic mass is 19.3. The van der Waals surface area contributed by atoms with Crippen LogP contribution in [0, 0.1) is 5.41 Å². The maximum atomic E-state index is 13.7. The van der Waals surface area contributed by atoms with Gasteiger partial charge in [0, 0.05) is 18.5 Å². The van der Waals surface area contributed by atoms with Gasteiger partial charge >= 0.3 is 0 Å². The van der Waals surface area contributed by atoms with Gasteiger partial charge in [0.15, 0.2) is 0 Å². The second kappa shape index (κ2) is 4.32. The lowest BCUT2D eigenvalue weighted by Gasteiger charge is -2.39. The van der Waals surface area contributed by atoms with E-state index in [-0.39, 0.29) is 0 Å². The SMILES string of the molecule is CC(C)(C)C(F)(F)C(F)N1CCCCC1. The molecule has 1 unspecified atom stereocenters. The minimum Gasteiger partial charge on any atom is -0.269 e. The topological polar surface area (TPSA) is 3.24 Å². The highest BCUT2D eigenvalue weighted by Gasteiger charge is 2.53. The van der Waals surface area contributed by atoms with Crippen LogP contribution in [0.5, 0.6) is 0 Å². The van der Waals surface area contributed by atoms with E-state index in [2.05, 4.69) is 0 Å². The van der Waals surface area contributed by atoms with Crippen molar-refractivity contribution >= 4 is 0 Å². The lowest BCUT2D eigenvalue weighted by Crippen LogP contribution is -2.53. The molecule has 4 heteroatoms. The van der Waals surface area contributed by atoms with Crippen LogP contribution < -0.4 is 0 Å². The molecule has 1 fully saturated rings. The third kappa shape index (κ3) is 2.65. The Hall–Kier alpha value is -0.250. The summed E-state index contributed by atoms with van der Waals surface area (Å²) in [7, 11) is 0. The van der Waals surface area contributed by atoms with E-state index in [4.69, 9.17) is 0 Å². The molecule has 0 bridgehead atoms. The summed E-state index contributed by atoms with van der Waals surface area (Å²) in [4.78, 5) is 1.27. The molecule has 1 saturated heterocycles. The molecule has 0 radical (unpaired) electrons. The maximum absolute atomic E-state index is 13.7. The van der Waals surface area contributed by atoms with Crippen molar-refractivity contribution in [2.45, 2.75) is 52.3 Å². The summed E-state index contributed by atoms with van der Waals surface area (Å²) < 4.78 is 41.1. The van der Waals surface area contributed by atoms with Gasteiger partial charge < -0.3 is 0 Å². The highest BCUT2D eigenvalue weighted by Crippen LogP contribution is 2.41. The number of likely N-dealkylation sites (tertiary alicyclic amines) is 1. The summed E-state index contributed by atoms with van der Waals surface area (Å²) in [5.41, 5.74) is -1.33. The molecule has 0 aromatic heterocycles. The van der Waals surface area contributed by atoms with Gasteiger partial charge in [-0.3, -0.25) is 4.90 Å². The molecule has 1 rings (SSSR count). The zero-order valence-corrected chi connectivity index (χ0v) is 9.69. The molecule has 1 heterocycles. The van der Waals surface area contributed by atoms with Crippen molar-refractivity contribution in [2.24, 2.45) is 5.41 Å². The van der Waals surface area contributed by atoms with Crippen molar-refractivity contribution in [1.29, 1.82) is 0 Å². The van der Waals surface area contributed by atoms with Crippen molar-refractivity contribution in [3.05, 3.63) is 0 Å². The molecule has 0 spiro atoms. The van der Waals surface area contributed by atoms with Crippen LogP contribution in [-0.2, 0) is 0 Å². The number of hydrogen-bond donors (Lipinski definition) is 0. The fourth-order valence-electron chi connectivity index (χ4n) is 1.73. The predicted molar refractivity (Wildman–Crippen MR) is 54.7 cm³/mol. The van der Waals surface area contributed by atoms with Gasteiger partial charge in [0.2, 0.25) is 6.30 Å². The fourth-order valence-corrected chi connectivity index (χ4v) is 1.73. The second-order valence-corrected chi connectivity index (χ2v) is 5.31. The Morgan fingerprint density at radius 2 is 1.47 bits per heavy atom. The Kier molecular flexibility index (Phi) is 3.69. The number of rotatable bonds is 2. The van der Waals surface area contributed by atoms with E-state index in [1.54, 1.807) is 0 Å². The Bertz CT molecular complexity index is 204. The molecular weight excluding hydrogens is 203 g/mol. The molecule has 0 saturated carbocycles. The third-order valence-electron chi connectivity index (χ3n) is 3.01. The summed E-state index contributed by atoms with van der Waals surface area (Å²) in [5, 5.41) is 0. The fraction of sp³-hybridized carbons (Fsp3) is 1.00. The number of hydrogen-bond acceptors (Lipinski definition) is 1. The highest BCUT2D eigenvalue weighted by molar-refractivity contribution is 4.89. The molecule has 1 aliphatic heterocycles. The van der Waals surface area contributed by atoms with Gasteiger partial charge in [-0.15, -0.1) is 0 Å². The zero-order chi connectivity index (χ0) is 11.7. The average Bonchev–Trinajstić information content (AvgIpc) is 2.16. The number of nitrogens with zero attached hydrogens (tertiary/aromatic N) is 1. The quantitative estimate of drug-likeness (QED) is 0.648. The normalized spacial score (nSPS) is 22.8. The number of piperidine rings is 1. The molecule has 0 aromatic rings. The molecule has 0 aromatic carbocycles. The summed E-state index contributed by atoms with van der Waals surface area (Å²) in [6, 6.07) is 0. The zero-order valence-electron chi connectivity index (χ0n) is 9.69. The molecule has 15 heavy (non-hydrogen) atoms. The van der Waals surface area contributed by atoms with Crippen LogP contribution in [0.1, 0.15) is 40.0 Å². The van der Waals surface area contributed by atoms with Crippen LogP contribution in [0.3, 0.4) is 0 Å². The molecule has 0 N–H and O–H groups in total. The molecule has 1 aliphatic rings. The number of halogens is 3. The van der Waals surface area contributed by atoms with Gasteiger partial charge in [-0.25, -0.2) is 13.2 Å². The summed E-state index contributed by atoms with van der Waals surface area (Å²) in [6.07, 6.45) is 0.517. The van der Waals surface area contributed by atoms with Gasteiger partial charge in [0.1, 0.15) is 0 Å². The first-order chi connectivity index (χ1) is 6.77. The second-order valence-electron chi connectivity index (χ2n) is 5.31. The lowest BCUT2D eigenvalue weighted by molar-refractivity contribution is -0.198. The Morgan fingerprint density at radius 3 is 1.87 bits per heavy atom. The summed E-state index contributed by atoms with van der Waals surface area (Å²) >= 11 is 0. The van der Waals surface area contributed by atoms with Crippen molar-refractivity contribution in [3.8, 4) is 0 Å². The van der Waals surface area contributed by atoms with Crippen molar-refractivity contribution < 1.29 is 13.2 Å². The molecule has 1 atom stereocenters. The smallest absolute Gasteiger partial charge is 0.269 e. The van der Waals surface area contributed by atoms with E-state index in [0.29, 0.717) is 13.1 Å². The minimum absolute atomic E-state index is 0.451. The first-order valence-electron chi connectivity index (χ1n) is 5.53. The van der Waals surface area contributed by atoms with Crippen LogP contribution in [-0.4, -0.2) is 30.2 Å². The van der Waals surface area contributed by atoms with Crippen LogP contribution in [0.4, 0.5) is 13.2 Å². The lowest BCUT2D eigenvalue weighted by atomic mass is 9.86. The first kappa shape index (κ1) is 12.8. The van der Waals surface area contributed by atoms with Gasteiger partial charge in [-0.05, 0) is 12.8 Å². The van der Waals surface area contributed by atoms with Crippen LogP contribution in [0.15, 0.2) is 0 Å². The molecule has 0 amide bonds. The monoisotopic (exact) mass is 223 g/mol. The minimum atomic E-state index is -3.29. The van der Waals surface area contributed by atoms with Gasteiger partial charge in [0.05, 0.1) is 0 Å². The van der Waals surface area contributed by atoms with Crippen molar-refractivity contribution in [3.63, 3.8) is 0 Å². The van der Waals surface area contributed by atoms with E-state index >= 15 is 0 Å². The van der Waals surface area contributed by atoms with E-state index in [1.807, 2.05) is 0 Å². The van der Waals surface area contributed by atoms with Gasteiger partial charge in [0.25, 0.3) is 5.92 Å². The van der Waals surface area contributed by atoms with Crippen LogP contribution in [0.25, 0.3) is 0 Å². The third-order valence-corrected chi connectivity index (χ3v) is 3.01.